The summed E-state index contributed by atoms with van der Waals surface area (Å²) in [5.41, 5.74) is 1.85. The zero-order chi connectivity index (χ0) is 16.9. The van der Waals surface area contributed by atoms with Gasteiger partial charge in [0.2, 0.25) is 0 Å². The molecular formula is C19H15ClN2O2. The normalized spacial score (nSPS) is 10.4. The fourth-order valence-corrected chi connectivity index (χ4v) is 2.53. The van der Waals surface area contributed by atoms with Crippen molar-refractivity contribution in [3.05, 3.63) is 99.4 Å². The lowest BCUT2D eigenvalue weighted by Crippen LogP contribution is -2.22. The van der Waals surface area contributed by atoms with E-state index in [0.29, 0.717) is 22.8 Å². The Bertz CT molecular complexity index is 920. The fourth-order valence-electron chi connectivity index (χ4n) is 2.34. The molecule has 0 aliphatic rings. The minimum absolute atomic E-state index is 0.154. The molecule has 0 radical (unpaired) electrons. The Morgan fingerprint density at radius 3 is 2.54 bits per heavy atom. The Morgan fingerprint density at radius 1 is 1.00 bits per heavy atom. The summed E-state index contributed by atoms with van der Waals surface area (Å²) in [6, 6.07) is 19.4. The van der Waals surface area contributed by atoms with Crippen molar-refractivity contribution in [1.82, 2.24) is 4.57 Å². The lowest BCUT2D eigenvalue weighted by molar-refractivity contribution is 0.102. The number of rotatable bonds is 4. The van der Waals surface area contributed by atoms with Crippen LogP contribution in [0.4, 0.5) is 5.69 Å². The Morgan fingerprint density at radius 2 is 1.79 bits per heavy atom. The third kappa shape index (κ3) is 3.91. The van der Waals surface area contributed by atoms with Crippen LogP contribution in [0, 0.1) is 0 Å². The Balaban J connectivity index is 1.82. The third-order valence-corrected chi connectivity index (χ3v) is 3.76. The number of anilines is 1. The summed E-state index contributed by atoms with van der Waals surface area (Å²) in [7, 11) is 0. The van der Waals surface area contributed by atoms with Crippen molar-refractivity contribution in [2.45, 2.75) is 6.54 Å². The van der Waals surface area contributed by atoms with Gasteiger partial charge in [-0.05, 0) is 29.8 Å². The molecule has 0 saturated carbocycles. The van der Waals surface area contributed by atoms with Gasteiger partial charge in [-0.1, -0.05) is 48.0 Å². The van der Waals surface area contributed by atoms with Gasteiger partial charge in [0.1, 0.15) is 0 Å². The van der Waals surface area contributed by atoms with Gasteiger partial charge in [-0.2, -0.15) is 0 Å². The van der Waals surface area contributed by atoms with E-state index in [2.05, 4.69) is 5.32 Å². The summed E-state index contributed by atoms with van der Waals surface area (Å²) < 4.78 is 1.52. The number of benzene rings is 2. The van der Waals surface area contributed by atoms with Crippen LogP contribution in [0.5, 0.6) is 0 Å². The molecule has 1 N–H and O–H groups in total. The molecule has 2 aromatic carbocycles. The molecule has 0 aliphatic heterocycles. The maximum atomic E-state index is 12.4. The second-order valence-electron chi connectivity index (χ2n) is 5.33. The fraction of sp³-hybridized carbons (Fsp3) is 0.0526. The molecule has 3 rings (SSSR count). The topological polar surface area (TPSA) is 51.1 Å². The van der Waals surface area contributed by atoms with Crippen molar-refractivity contribution in [2.75, 3.05) is 5.32 Å². The molecule has 1 amide bonds. The number of amides is 1. The number of halogens is 1. The number of nitrogens with one attached hydrogen (secondary N) is 1. The number of nitrogens with zero attached hydrogens (tertiary/aromatic N) is 1. The van der Waals surface area contributed by atoms with E-state index in [9.17, 15) is 9.59 Å². The molecule has 1 heterocycles. The number of carbonyl (C=O) groups excluding carboxylic acids is 1. The third-order valence-electron chi connectivity index (χ3n) is 3.52. The summed E-state index contributed by atoms with van der Waals surface area (Å²) in [5, 5.41) is 3.31. The highest BCUT2D eigenvalue weighted by Crippen LogP contribution is 2.15. The van der Waals surface area contributed by atoms with E-state index in [4.69, 9.17) is 11.6 Å². The van der Waals surface area contributed by atoms with Crippen LogP contribution in [0.25, 0.3) is 0 Å². The predicted molar refractivity (Wildman–Crippen MR) is 95.7 cm³/mol. The summed E-state index contributed by atoms with van der Waals surface area (Å²) in [6.07, 6.45) is 1.56. The van der Waals surface area contributed by atoms with E-state index in [1.54, 1.807) is 30.5 Å². The highest BCUT2D eigenvalue weighted by atomic mass is 35.5. The SMILES string of the molecule is O=C(Nc1cccc(Cl)c1)c1ccc(=O)n(Cc2ccccc2)c1. The molecule has 0 fully saturated rings. The van der Waals surface area contributed by atoms with Gasteiger partial charge in [-0.25, -0.2) is 0 Å². The van der Waals surface area contributed by atoms with Crippen LogP contribution in [0.2, 0.25) is 5.02 Å². The largest absolute Gasteiger partial charge is 0.322 e. The second-order valence-corrected chi connectivity index (χ2v) is 5.77. The van der Waals surface area contributed by atoms with Gasteiger partial charge in [-0.15, -0.1) is 0 Å². The van der Waals surface area contributed by atoms with Crippen molar-refractivity contribution >= 4 is 23.2 Å². The van der Waals surface area contributed by atoms with Crippen molar-refractivity contribution < 1.29 is 4.79 Å². The first-order valence-corrected chi connectivity index (χ1v) is 7.81. The van der Waals surface area contributed by atoms with Crippen molar-refractivity contribution in [1.29, 1.82) is 0 Å². The van der Waals surface area contributed by atoms with Gasteiger partial charge in [0.15, 0.2) is 0 Å². The number of aromatic nitrogens is 1. The van der Waals surface area contributed by atoms with E-state index in [-0.39, 0.29) is 11.5 Å². The van der Waals surface area contributed by atoms with Gasteiger partial charge < -0.3 is 9.88 Å². The quantitative estimate of drug-likeness (QED) is 0.786. The van der Waals surface area contributed by atoms with Gasteiger partial charge in [0, 0.05) is 23.0 Å². The molecule has 3 aromatic rings. The van der Waals surface area contributed by atoms with Crippen LogP contribution in [-0.2, 0) is 6.54 Å². The molecule has 0 spiro atoms. The van der Waals surface area contributed by atoms with Crippen molar-refractivity contribution in [3.8, 4) is 0 Å². The Kier molecular flexibility index (Phi) is 4.77. The van der Waals surface area contributed by atoms with Crippen molar-refractivity contribution in [2.24, 2.45) is 0 Å². The second kappa shape index (κ2) is 7.15. The summed E-state index contributed by atoms with van der Waals surface area (Å²) in [5.74, 6) is -0.293. The first-order valence-electron chi connectivity index (χ1n) is 7.43. The average molecular weight is 339 g/mol. The number of pyridine rings is 1. The highest BCUT2D eigenvalue weighted by molar-refractivity contribution is 6.30. The van der Waals surface area contributed by atoms with Gasteiger partial charge in [0.05, 0.1) is 12.1 Å². The molecule has 24 heavy (non-hydrogen) atoms. The molecule has 0 aliphatic carbocycles. The summed E-state index contributed by atoms with van der Waals surface area (Å²) in [4.78, 5) is 24.4. The van der Waals surface area contributed by atoms with Crippen LogP contribution in [0.1, 0.15) is 15.9 Å². The minimum atomic E-state index is -0.293. The number of hydrogen-bond donors (Lipinski definition) is 1. The maximum absolute atomic E-state index is 12.4. The lowest BCUT2D eigenvalue weighted by Gasteiger charge is -2.09. The van der Waals surface area contributed by atoms with Crippen LogP contribution in [-0.4, -0.2) is 10.5 Å². The van der Waals surface area contributed by atoms with Gasteiger partial charge in [-0.3, -0.25) is 9.59 Å². The molecular weight excluding hydrogens is 324 g/mol. The zero-order valence-electron chi connectivity index (χ0n) is 12.8. The smallest absolute Gasteiger partial charge is 0.257 e. The Labute approximate surface area is 144 Å². The predicted octanol–water partition coefficient (Wildman–Crippen LogP) is 3.80. The number of hydrogen-bond acceptors (Lipinski definition) is 2. The van der Waals surface area contributed by atoms with E-state index in [1.165, 1.54) is 16.7 Å². The molecule has 0 atom stereocenters. The summed E-state index contributed by atoms with van der Waals surface area (Å²) >= 11 is 5.91. The first kappa shape index (κ1) is 16.0. The van der Waals surface area contributed by atoms with Crippen LogP contribution in [0.15, 0.2) is 77.7 Å². The summed E-state index contributed by atoms with van der Waals surface area (Å²) in [6.45, 7) is 0.415. The molecule has 0 unspecified atom stereocenters. The molecule has 0 bridgehead atoms. The van der Waals surface area contributed by atoms with E-state index in [0.717, 1.165) is 5.56 Å². The van der Waals surface area contributed by atoms with Crippen LogP contribution >= 0.6 is 11.6 Å². The first-order chi connectivity index (χ1) is 11.6. The monoisotopic (exact) mass is 338 g/mol. The van der Waals surface area contributed by atoms with Crippen molar-refractivity contribution in [3.63, 3.8) is 0 Å². The average Bonchev–Trinajstić information content (AvgIpc) is 2.58. The van der Waals surface area contributed by atoms with Crippen LogP contribution < -0.4 is 10.9 Å². The van der Waals surface area contributed by atoms with Gasteiger partial charge in [0.25, 0.3) is 11.5 Å². The van der Waals surface area contributed by atoms with E-state index in [1.807, 2.05) is 30.3 Å². The molecule has 4 nitrogen and oxygen atoms in total. The van der Waals surface area contributed by atoms with E-state index < -0.39 is 0 Å². The molecule has 5 heteroatoms. The molecule has 0 saturated heterocycles. The Hall–Kier alpha value is -2.85. The molecule has 1 aromatic heterocycles. The number of carbonyl (C=O) groups is 1. The highest BCUT2D eigenvalue weighted by Gasteiger charge is 2.09. The van der Waals surface area contributed by atoms with Gasteiger partial charge >= 0.3 is 0 Å². The van der Waals surface area contributed by atoms with Crippen LogP contribution in [0.3, 0.4) is 0 Å². The maximum Gasteiger partial charge on any atom is 0.257 e. The standard InChI is InChI=1S/C19H15ClN2O2/c20-16-7-4-8-17(11-16)21-19(24)15-9-10-18(23)22(13-15)12-14-5-2-1-3-6-14/h1-11,13H,12H2,(H,21,24). The minimum Gasteiger partial charge on any atom is -0.322 e. The molecule has 120 valence electrons. The van der Waals surface area contributed by atoms with E-state index >= 15 is 0 Å². The zero-order valence-corrected chi connectivity index (χ0v) is 13.5. The lowest BCUT2D eigenvalue weighted by atomic mass is 10.2.